The summed E-state index contributed by atoms with van der Waals surface area (Å²) >= 11 is 0. The van der Waals surface area contributed by atoms with Crippen molar-refractivity contribution >= 4 is 29.0 Å². The lowest BCUT2D eigenvalue weighted by Gasteiger charge is -2.44. The summed E-state index contributed by atoms with van der Waals surface area (Å²) in [4.78, 5) is 38.3. The third-order valence-corrected chi connectivity index (χ3v) is 6.68. The Balaban J connectivity index is 1.50. The van der Waals surface area contributed by atoms with Crippen LogP contribution in [0.15, 0.2) is 42.5 Å². The Morgan fingerprint density at radius 2 is 1.82 bits per heavy atom. The number of non-ortho nitro benzene ring substituents is 1. The number of nitro benzene ring substituents is 1. The molecule has 4 rings (SSSR count). The largest absolute Gasteiger partial charge is 0.371 e. The minimum absolute atomic E-state index is 0.0534. The number of urea groups is 1. The van der Waals surface area contributed by atoms with E-state index in [0.29, 0.717) is 25.9 Å². The van der Waals surface area contributed by atoms with Crippen LogP contribution in [0.5, 0.6) is 0 Å². The van der Waals surface area contributed by atoms with Crippen LogP contribution >= 0.6 is 0 Å². The average Bonchev–Trinajstić information content (AvgIpc) is 3.11. The maximum atomic E-state index is 13.3. The third-order valence-electron chi connectivity index (χ3n) is 6.68. The first-order chi connectivity index (χ1) is 15.7. The van der Waals surface area contributed by atoms with Crippen molar-refractivity contribution in [3.05, 3.63) is 63.7 Å². The van der Waals surface area contributed by atoms with Crippen LogP contribution in [0, 0.1) is 17.0 Å². The summed E-state index contributed by atoms with van der Waals surface area (Å²) in [6.07, 6.45) is 1.49. The van der Waals surface area contributed by atoms with Crippen molar-refractivity contribution in [2.24, 2.45) is 0 Å². The molecule has 0 aromatic heterocycles. The second-order valence-electron chi connectivity index (χ2n) is 9.16. The van der Waals surface area contributed by atoms with Gasteiger partial charge in [0.15, 0.2) is 0 Å². The van der Waals surface area contributed by atoms with Crippen molar-refractivity contribution in [3.8, 4) is 0 Å². The molecular weight excluding hydrogens is 422 g/mol. The molecular formula is C24H29N5O4. The number of aryl methyl sites for hydroxylation is 1. The number of nitrogens with one attached hydrogen (secondary N) is 2. The first kappa shape index (κ1) is 22.6. The predicted octanol–water partition coefficient (Wildman–Crippen LogP) is 4.33. The van der Waals surface area contributed by atoms with E-state index >= 15 is 0 Å². The average molecular weight is 452 g/mol. The number of anilines is 2. The zero-order chi connectivity index (χ0) is 23.8. The molecule has 0 saturated carbocycles. The van der Waals surface area contributed by atoms with Crippen molar-refractivity contribution in [2.75, 3.05) is 23.3 Å². The number of piperidine rings is 1. The maximum Gasteiger partial charge on any atom is 0.341 e. The molecule has 2 aromatic carbocycles. The molecule has 0 atom stereocenters. The van der Waals surface area contributed by atoms with Crippen LogP contribution in [0.1, 0.15) is 50.2 Å². The second-order valence-corrected chi connectivity index (χ2v) is 9.16. The van der Waals surface area contributed by atoms with Crippen LogP contribution in [-0.4, -0.2) is 40.5 Å². The van der Waals surface area contributed by atoms with Gasteiger partial charge in [0.05, 0.1) is 16.9 Å². The number of amides is 3. The molecule has 1 spiro atoms. The Labute approximate surface area is 192 Å². The zero-order valence-electron chi connectivity index (χ0n) is 19.1. The molecule has 2 fully saturated rings. The van der Waals surface area contributed by atoms with Gasteiger partial charge in [0, 0.05) is 36.6 Å². The van der Waals surface area contributed by atoms with Crippen LogP contribution in [0.2, 0.25) is 0 Å². The number of benzene rings is 2. The van der Waals surface area contributed by atoms with Gasteiger partial charge < -0.3 is 10.2 Å². The number of rotatable bonds is 4. The Bertz CT molecular complexity index is 1070. The molecule has 2 aromatic rings. The molecule has 2 saturated heterocycles. The summed E-state index contributed by atoms with van der Waals surface area (Å²) in [5.41, 5.74) is 5.93. The van der Waals surface area contributed by atoms with Gasteiger partial charge in [-0.15, -0.1) is 0 Å². The topological polar surface area (TPSA) is 108 Å². The Kier molecular flexibility index (Phi) is 5.97. The van der Waals surface area contributed by atoms with E-state index in [1.807, 2.05) is 25.1 Å². The van der Waals surface area contributed by atoms with Crippen LogP contribution in [0.4, 0.5) is 21.9 Å². The molecule has 33 heavy (non-hydrogen) atoms. The first-order valence-corrected chi connectivity index (χ1v) is 11.2. The van der Waals surface area contributed by atoms with Gasteiger partial charge in [-0.1, -0.05) is 32.0 Å². The molecule has 2 N–H and O–H groups in total. The van der Waals surface area contributed by atoms with E-state index in [1.165, 1.54) is 17.1 Å². The molecule has 9 heteroatoms. The molecule has 9 nitrogen and oxygen atoms in total. The number of carbonyl (C=O) groups is 2. The van der Waals surface area contributed by atoms with Gasteiger partial charge in [-0.25, -0.2) is 9.80 Å². The van der Waals surface area contributed by atoms with Crippen molar-refractivity contribution < 1.29 is 14.5 Å². The Hall–Kier alpha value is -3.62. The summed E-state index contributed by atoms with van der Waals surface area (Å²) in [7, 11) is 0. The summed E-state index contributed by atoms with van der Waals surface area (Å²) in [6, 6.07) is 12.1. The van der Waals surface area contributed by atoms with Gasteiger partial charge in [0.1, 0.15) is 0 Å². The minimum atomic E-state index is -0.598. The van der Waals surface area contributed by atoms with Gasteiger partial charge in [0.25, 0.3) is 5.69 Å². The van der Waals surface area contributed by atoms with Gasteiger partial charge in [0.2, 0.25) is 5.91 Å². The number of hydrogen-bond donors (Lipinski definition) is 2. The number of hydrogen-bond acceptors (Lipinski definition) is 5. The van der Waals surface area contributed by atoms with Gasteiger partial charge in [-0.05, 0) is 48.9 Å². The van der Waals surface area contributed by atoms with Gasteiger partial charge in [-0.2, -0.15) is 0 Å². The molecule has 2 aliphatic rings. The maximum absolute atomic E-state index is 13.3. The number of para-hydroxylation sites is 1. The normalized spacial score (nSPS) is 17.4. The van der Waals surface area contributed by atoms with Crippen molar-refractivity contribution in [1.82, 2.24) is 10.4 Å². The number of nitrogens with zero attached hydrogens (tertiary/aromatic N) is 3. The fourth-order valence-electron chi connectivity index (χ4n) is 4.80. The Morgan fingerprint density at radius 1 is 1.15 bits per heavy atom. The van der Waals surface area contributed by atoms with E-state index in [2.05, 4.69) is 29.5 Å². The van der Waals surface area contributed by atoms with E-state index in [4.69, 9.17) is 0 Å². The smallest absolute Gasteiger partial charge is 0.341 e. The zero-order valence-corrected chi connectivity index (χ0v) is 19.1. The lowest BCUT2D eigenvalue weighted by atomic mass is 9.84. The summed E-state index contributed by atoms with van der Waals surface area (Å²) < 4.78 is 0. The van der Waals surface area contributed by atoms with Crippen LogP contribution < -0.4 is 15.6 Å². The monoisotopic (exact) mass is 451 g/mol. The molecule has 0 bridgehead atoms. The van der Waals surface area contributed by atoms with Crippen molar-refractivity contribution in [3.63, 3.8) is 0 Å². The number of hydrazine groups is 1. The summed E-state index contributed by atoms with van der Waals surface area (Å²) in [5.74, 6) is 0.0788. The fraction of sp³-hybridized carbons (Fsp3) is 0.417. The summed E-state index contributed by atoms with van der Waals surface area (Å²) in [5, 5.41) is 15.4. The quantitative estimate of drug-likeness (QED) is 0.531. The SMILES string of the molecule is Cc1cccc(C(C)C)c1NC(=O)N1NC(=O)CC12CCN(c1ccc([N+](=O)[O-])cc1)CC2. The highest BCUT2D eigenvalue weighted by molar-refractivity contribution is 5.95. The molecule has 3 amide bonds. The van der Waals surface area contributed by atoms with E-state index < -0.39 is 10.5 Å². The standard InChI is InChI=1S/C24H29N5O4/c1-16(2)20-6-4-5-17(3)22(20)25-23(31)28-24(15-21(30)26-28)11-13-27(14-12-24)18-7-9-19(10-8-18)29(32)33/h4-10,16H,11-15H2,1-3H3,(H,25,31)(H,26,30). The highest BCUT2D eigenvalue weighted by Crippen LogP contribution is 2.37. The highest BCUT2D eigenvalue weighted by atomic mass is 16.6. The van der Waals surface area contributed by atoms with E-state index in [1.54, 1.807) is 12.1 Å². The molecule has 0 radical (unpaired) electrons. The second kappa shape index (κ2) is 8.73. The summed E-state index contributed by atoms with van der Waals surface area (Å²) in [6.45, 7) is 7.40. The molecule has 174 valence electrons. The van der Waals surface area contributed by atoms with Crippen molar-refractivity contribution in [1.29, 1.82) is 0 Å². The highest BCUT2D eigenvalue weighted by Gasteiger charge is 2.49. The van der Waals surface area contributed by atoms with E-state index in [-0.39, 0.29) is 30.0 Å². The minimum Gasteiger partial charge on any atom is -0.371 e. The van der Waals surface area contributed by atoms with Gasteiger partial charge >= 0.3 is 6.03 Å². The predicted molar refractivity (Wildman–Crippen MR) is 126 cm³/mol. The van der Waals surface area contributed by atoms with Gasteiger partial charge in [-0.3, -0.25) is 20.3 Å². The molecule has 2 heterocycles. The first-order valence-electron chi connectivity index (χ1n) is 11.2. The lowest BCUT2D eigenvalue weighted by molar-refractivity contribution is -0.384. The van der Waals surface area contributed by atoms with Crippen molar-refractivity contribution in [2.45, 2.75) is 51.5 Å². The third kappa shape index (κ3) is 4.35. The van der Waals surface area contributed by atoms with Crippen LogP contribution in [0.3, 0.4) is 0 Å². The molecule has 0 unspecified atom stereocenters. The Morgan fingerprint density at radius 3 is 2.42 bits per heavy atom. The lowest BCUT2D eigenvalue weighted by Crippen LogP contribution is -2.58. The van der Waals surface area contributed by atoms with E-state index in [9.17, 15) is 19.7 Å². The molecule has 0 aliphatic carbocycles. The van der Waals surface area contributed by atoms with Crippen LogP contribution in [-0.2, 0) is 4.79 Å². The fourth-order valence-corrected chi connectivity index (χ4v) is 4.80. The molecule has 2 aliphatic heterocycles. The van der Waals surface area contributed by atoms with E-state index in [0.717, 1.165) is 22.5 Å². The number of carbonyl (C=O) groups excluding carboxylic acids is 2. The van der Waals surface area contributed by atoms with Crippen LogP contribution in [0.25, 0.3) is 0 Å². The number of nitro groups is 1.